The number of anilines is 1. The molecule has 132 valence electrons. The normalized spacial score (nSPS) is 14.0. The maximum Gasteiger partial charge on any atom is 0.205 e. The first kappa shape index (κ1) is 16.2. The molecule has 1 fully saturated rings. The third-order valence-corrected chi connectivity index (χ3v) is 4.45. The number of phenols is 1. The molecule has 0 atom stereocenters. The largest absolute Gasteiger partial charge is 0.504 e. The third-order valence-electron chi connectivity index (χ3n) is 4.45. The van der Waals surface area contributed by atoms with Crippen LogP contribution in [-0.2, 0) is 0 Å². The number of phenolic OH excluding ortho intramolecular Hbond substituents is 1. The summed E-state index contributed by atoms with van der Waals surface area (Å²) in [5.74, 6) is -1.22. The van der Waals surface area contributed by atoms with Crippen molar-refractivity contribution in [1.29, 1.82) is 0 Å². The Hall–Kier alpha value is -3.29. The lowest BCUT2D eigenvalue weighted by molar-refractivity contribution is 0.112. The van der Waals surface area contributed by atoms with Gasteiger partial charge in [-0.2, -0.15) is 0 Å². The predicted molar refractivity (Wildman–Crippen MR) is 93.0 cm³/mol. The fourth-order valence-electron chi connectivity index (χ4n) is 3.05. The first-order valence-corrected chi connectivity index (χ1v) is 8.29. The molecule has 1 saturated heterocycles. The summed E-state index contributed by atoms with van der Waals surface area (Å²) in [5.41, 5.74) is 1.98. The first-order chi connectivity index (χ1) is 12.7. The molecule has 0 spiro atoms. The maximum atomic E-state index is 13.7. The van der Waals surface area contributed by atoms with Crippen molar-refractivity contribution in [2.75, 3.05) is 18.0 Å². The number of nitrogens with zero attached hydrogens (tertiary/aromatic N) is 5. The summed E-state index contributed by atoms with van der Waals surface area (Å²) in [6, 6.07) is 10.2. The van der Waals surface area contributed by atoms with Crippen molar-refractivity contribution in [3.05, 3.63) is 47.8 Å². The van der Waals surface area contributed by atoms with Gasteiger partial charge in [0.05, 0.1) is 11.3 Å². The lowest BCUT2D eigenvalue weighted by Crippen LogP contribution is -2.17. The second kappa shape index (κ2) is 6.55. The van der Waals surface area contributed by atoms with Crippen LogP contribution in [0.1, 0.15) is 23.2 Å². The molecule has 0 amide bonds. The van der Waals surface area contributed by atoms with Crippen LogP contribution in [0, 0.1) is 5.82 Å². The van der Waals surface area contributed by atoms with Crippen molar-refractivity contribution in [1.82, 2.24) is 20.2 Å². The summed E-state index contributed by atoms with van der Waals surface area (Å²) in [4.78, 5) is 14.4. The van der Waals surface area contributed by atoms with Gasteiger partial charge in [0.15, 0.2) is 17.9 Å². The summed E-state index contributed by atoms with van der Waals surface area (Å²) in [5, 5.41) is 21.6. The fraction of sp³-hybridized carbons (Fsp3) is 0.222. The molecule has 2 heterocycles. The standard InChI is InChI=1S/C18H16FN5O2/c19-16-10-15(9-13(11-25)17(16)26)24-21-18(20-22-24)12-3-5-14(6-4-12)23-7-1-2-8-23/h3-6,9-11,26H,1-2,7-8H2. The highest BCUT2D eigenvalue weighted by molar-refractivity contribution is 5.80. The molecule has 7 nitrogen and oxygen atoms in total. The van der Waals surface area contributed by atoms with Gasteiger partial charge in [0.25, 0.3) is 0 Å². The van der Waals surface area contributed by atoms with Gasteiger partial charge in [-0.15, -0.1) is 15.0 Å². The van der Waals surface area contributed by atoms with E-state index >= 15 is 0 Å². The summed E-state index contributed by atoms with van der Waals surface area (Å²) in [6.45, 7) is 2.14. The third kappa shape index (κ3) is 2.90. The molecule has 26 heavy (non-hydrogen) atoms. The molecule has 3 aromatic rings. The van der Waals surface area contributed by atoms with Crippen molar-refractivity contribution >= 4 is 12.0 Å². The average molecular weight is 353 g/mol. The van der Waals surface area contributed by atoms with Crippen LogP contribution in [0.4, 0.5) is 10.1 Å². The second-order valence-corrected chi connectivity index (χ2v) is 6.13. The SMILES string of the molecule is O=Cc1cc(-n2nnc(-c3ccc(N4CCCC4)cc3)n2)cc(F)c1O. The number of aldehydes is 1. The van der Waals surface area contributed by atoms with Gasteiger partial charge in [0.1, 0.15) is 0 Å². The molecule has 4 rings (SSSR count). The minimum atomic E-state index is -0.918. The Kier molecular flexibility index (Phi) is 4.08. The lowest BCUT2D eigenvalue weighted by Gasteiger charge is -2.17. The Morgan fingerprint density at radius 3 is 2.50 bits per heavy atom. The number of hydrogen-bond donors (Lipinski definition) is 1. The van der Waals surface area contributed by atoms with E-state index in [0.717, 1.165) is 35.2 Å². The van der Waals surface area contributed by atoms with Crippen LogP contribution in [0.2, 0.25) is 0 Å². The van der Waals surface area contributed by atoms with E-state index in [-0.39, 0.29) is 11.3 Å². The van der Waals surface area contributed by atoms with Gasteiger partial charge in [-0.3, -0.25) is 4.79 Å². The van der Waals surface area contributed by atoms with Crippen LogP contribution in [0.3, 0.4) is 0 Å². The zero-order chi connectivity index (χ0) is 18.1. The van der Waals surface area contributed by atoms with E-state index in [0.29, 0.717) is 12.1 Å². The molecule has 0 bridgehead atoms. The zero-order valence-electron chi connectivity index (χ0n) is 13.8. The number of hydrogen-bond acceptors (Lipinski definition) is 6. The Balaban J connectivity index is 1.62. The molecule has 0 aliphatic carbocycles. The van der Waals surface area contributed by atoms with E-state index in [1.54, 1.807) is 0 Å². The smallest absolute Gasteiger partial charge is 0.205 e. The number of carbonyl (C=O) groups is 1. The molecule has 8 heteroatoms. The number of aromatic hydroxyl groups is 1. The molecule has 1 N–H and O–H groups in total. The van der Waals surface area contributed by atoms with Crippen molar-refractivity contribution in [3.8, 4) is 22.8 Å². The van der Waals surface area contributed by atoms with Crippen LogP contribution in [0.15, 0.2) is 36.4 Å². The minimum Gasteiger partial charge on any atom is -0.504 e. The highest BCUT2D eigenvalue weighted by Crippen LogP contribution is 2.25. The van der Waals surface area contributed by atoms with Gasteiger partial charge in [-0.1, -0.05) is 0 Å². The molecular weight excluding hydrogens is 337 g/mol. The number of benzene rings is 2. The summed E-state index contributed by atoms with van der Waals surface area (Å²) in [6.07, 6.45) is 2.80. The van der Waals surface area contributed by atoms with Crippen LogP contribution in [0.25, 0.3) is 17.1 Å². The number of halogens is 1. The molecule has 1 aromatic heterocycles. The number of aromatic nitrogens is 4. The van der Waals surface area contributed by atoms with Crippen LogP contribution < -0.4 is 4.90 Å². The van der Waals surface area contributed by atoms with Crippen molar-refractivity contribution < 1.29 is 14.3 Å². The molecule has 0 saturated carbocycles. The monoisotopic (exact) mass is 353 g/mol. The number of tetrazole rings is 1. The van der Waals surface area contributed by atoms with E-state index in [2.05, 4.69) is 20.3 Å². The first-order valence-electron chi connectivity index (χ1n) is 8.29. The maximum absolute atomic E-state index is 13.7. The van der Waals surface area contributed by atoms with E-state index < -0.39 is 11.6 Å². The zero-order valence-corrected chi connectivity index (χ0v) is 13.8. The molecule has 0 radical (unpaired) electrons. The highest BCUT2D eigenvalue weighted by Gasteiger charge is 2.15. The van der Waals surface area contributed by atoms with E-state index in [4.69, 9.17) is 0 Å². The molecule has 1 aliphatic rings. The van der Waals surface area contributed by atoms with Gasteiger partial charge in [0, 0.05) is 30.4 Å². The summed E-state index contributed by atoms with van der Waals surface area (Å²) < 4.78 is 13.7. The number of rotatable bonds is 4. The molecule has 0 unspecified atom stereocenters. The predicted octanol–water partition coefficient (Wildman–Crippen LogP) is 2.59. The molecule has 2 aromatic carbocycles. The van der Waals surface area contributed by atoms with Crippen LogP contribution >= 0.6 is 0 Å². The van der Waals surface area contributed by atoms with Gasteiger partial charge in [-0.25, -0.2) is 4.39 Å². The van der Waals surface area contributed by atoms with Crippen LogP contribution in [0.5, 0.6) is 5.75 Å². The van der Waals surface area contributed by atoms with Crippen molar-refractivity contribution in [2.24, 2.45) is 0 Å². The van der Waals surface area contributed by atoms with Crippen LogP contribution in [-0.4, -0.2) is 44.7 Å². The van der Waals surface area contributed by atoms with Crippen molar-refractivity contribution in [2.45, 2.75) is 12.8 Å². The van der Waals surface area contributed by atoms with Gasteiger partial charge < -0.3 is 10.0 Å². The quantitative estimate of drug-likeness (QED) is 0.726. The number of carbonyl (C=O) groups excluding carboxylic acids is 1. The van der Waals surface area contributed by atoms with Crippen molar-refractivity contribution in [3.63, 3.8) is 0 Å². The Morgan fingerprint density at radius 1 is 1.08 bits per heavy atom. The van der Waals surface area contributed by atoms with E-state index in [1.165, 1.54) is 18.9 Å². The van der Waals surface area contributed by atoms with Gasteiger partial charge in [-0.05, 0) is 48.4 Å². The second-order valence-electron chi connectivity index (χ2n) is 6.13. The Labute approximate surface area is 148 Å². The Bertz CT molecular complexity index is 949. The van der Waals surface area contributed by atoms with Gasteiger partial charge in [0.2, 0.25) is 5.82 Å². The minimum absolute atomic E-state index is 0.172. The average Bonchev–Trinajstić information content (AvgIpc) is 3.36. The fourth-order valence-corrected chi connectivity index (χ4v) is 3.05. The molecule has 1 aliphatic heterocycles. The Morgan fingerprint density at radius 2 is 1.81 bits per heavy atom. The van der Waals surface area contributed by atoms with E-state index in [1.807, 2.05) is 24.3 Å². The summed E-state index contributed by atoms with van der Waals surface area (Å²) >= 11 is 0. The van der Waals surface area contributed by atoms with E-state index in [9.17, 15) is 14.3 Å². The topological polar surface area (TPSA) is 84.1 Å². The van der Waals surface area contributed by atoms with Gasteiger partial charge >= 0.3 is 0 Å². The summed E-state index contributed by atoms with van der Waals surface area (Å²) in [7, 11) is 0. The molecular formula is C18H16FN5O2. The highest BCUT2D eigenvalue weighted by atomic mass is 19.1. The lowest BCUT2D eigenvalue weighted by atomic mass is 10.2.